The Morgan fingerprint density at radius 2 is 2.13 bits per heavy atom. The van der Waals surface area contributed by atoms with E-state index < -0.39 is 16.4 Å². The molecule has 0 heterocycles. The van der Waals surface area contributed by atoms with Gasteiger partial charge in [-0.1, -0.05) is 0 Å². The first-order valence-corrected chi connectivity index (χ1v) is 4.32. The van der Waals surface area contributed by atoms with Crippen LogP contribution >= 0.6 is 0 Å². The summed E-state index contributed by atoms with van der Waals surface area (Å²) in [5.74, 6) is -0.835. The monoisotopic (exact) mass is 214 g/mol. The van der Waals surface area contributed by atoms with Crippen molar-refractivity contribution in [2.75, 3.05) is 5.73 Å². The molecule has 0 radical (unpaired) electrons. The third-order valence-corrected chi connectivity index (χ3v) is 1.64. The predicted molar refractivity (Wildman–Crippen MR) is 53.2 cm³/mol. The summed E-state index contributed by atoms with van der Waals surface area (Å²) in [6, 6.07) is 1.88. The fraction of sp³-hybridized carbons (Fsp3) is 0.333. The highest BCUT2D eigenvalue weighted by Crippen LogP contribution is 2.30. The maximum Gasteiger partial charge on any atom is 0.307 e. The van der Waals surface area contributed by atoms with Gasteiger partial charge in [-0.25, -0.2) is 0 Å². The molecule has 6 heteroatoms. The molecule has 0 spiro atoms. The summed E-state index contributed by atoms with van der Waals surface area (Å²) >= 11 is 0. The van der Waals surface area contributed by atoms with Crippen LogP contribution in [-0.2, 0) is 0 Å². The molecule has 0 aliphatic heterocycles. The van der Waals surface area contributed by atoms with Gasteiger partial charge in [0.05, 0.1) is 16.7 Å². The fourth-order valence-electron chi connectivity index (χ4n) is 1.06. The number of nitrogens with two attached hydrogens (primary N) is 1. The van der Waals surface area contributed by atoms with Crippen molar-refractivity contribution >= 4 is 11.4 Å². The number of nitrogens with zero attached hydrogens (tertiary/aromatic N) is 1. The molecule has 5 nitrogen and oxygen atoms in total. The van der Waals surface area contributed by atoms with Crippen molar-refractivity contribution in [3.63, 3.8) is 0 Å². The predicted octanol–water partition coefficient (Wildman–Crippen LogP) is 2.10. The molecule has 82 valence electrons. The van der Waals surface area contributed by atoms with Gasteiger partial charge in [-0.2, -0.15) is 4.39 Å². The SMILES string of the molecule is CC(C)Oc1cc(F)c([N+](=O)[O-])cc1N. The smallest absolute Gasteiger partial charge is 0.307 e. The third-order valence-electron chi connectivity index (χ3n) is 1.64. The second-order valence-electron chi connectivity index (χ2n) is 3.27. The van der Waals surface area contributed by atoms with E-state index in [2.05, 4.69) is 0 Å². The van der Waals surface area contributed by atoms with Crippen molar-refractivity contribution < 1.29 is 14.1 Å². The van der Waals surface area contributed by atoms with Gasteiger partial charge >= 0.3 is 5.69 Å². The van der Waals surface area contributed by atoms with Crippen molar-refractivity contribution in [1.29, 1.82) is 0 Å². The van der Waals surface area contributed by atoms with Gasteiger partial charge < -0.3 is 10.5 Å². The van der Waals surface area contributed by atoms with Gasteiger partial charge in [0.25, 0.3) is 0 Å². The summed E-state index contributed by atoms with van der Waals surface area (Å²) in [4.78, 5) is 9.55. The minimum atomic E-state index is -0.954. The normalized spacial score (nSPS) is 10.4. The van der Waals surface area contributed by atoms with Crippen molar-refractivity contribution in [1.82, 2.24) is 0 Å². The lowest BCUT2D eigenvalue weighted by molar-refractivity contribution is -0.387. The van der Waals surface area contributed by atoms with E-state index in [9.17, 15) is 14.5 Å². The highest BCUT2D eigenvalue weighted by atomic mass is 19.1. The number of benzene rings is 1. The molecule has 0 saturated heterocycles. The van der Waals surface area contributed by atoms with Gasteiger partial charge in [0.15, 0.2) is 0 Å². The van der Waals surface area contributed by atoms with E-state index in [0.29, 0.717) is 0 Å². The zero-order valence-electron chi connectivity index (χ0n) is 8.36. The minimum Gasteiger partial charge on any atom is -0.489 e. The standard InChI is InChI=1S/C9H11FN2O3/c1-5(2)15-9-3-6(10)8(12(13)14)4-7(9)11/h3-5H,11H2,1-2H3. The molecule has 0 amide bonds. The molecule has 0 aromatic heterocycles. The van der Waals surface area contributed by atoms with E-state index in [1.807, 2.05) is 0 Å². The molecule has 0 aliphatic rings. The van der Waals surface area contributed by atoms with Crippen LogP contribution < -0.4 is 10.5 Å². The highest BCUT2D eigenvalue weighted by Gasteiger charge is 2.18. The number of nitro benzene ring substituents is 1. The van der Waals surface area contributed by atoms with Crippen LogP contribution in [0.15, 0.2) is 12.1 Å². The first-order valence-electron chi connectivity index (χ1n) is 4.32. The Labute approximate surface area is 85.8 Å². The Kier molecular flexibility index (Phi) is 3.08. The number of nitro groups is 1. The zero-order chi connectivity index (χ0) is 11.6. The highest BCUT2D eigenvalue weighted by molar-refractivity contribution is 5.59. The van der Waals surface area contributed by atoms with Crippen LogP contribution in [0.2, 0.25) is 0 Å². The Morgan fingerprint density at radius 3 is 2.60 bits per heavy atom. The number of rotatable bonds is 3. The molecule has 2 N–H and O–H groups in total. The fourth-order valence-corrected chi connectivity index (χ4v) is 1.06. The molecule has 0 unspecified atom stereocenters. The second kappa shape index (κ2) is 4.12. The van der Waals surface area contributed by atoms with Crippen LogP contribution in [0.3, 0.4) is 0 Å². The minimum absolute atomic E-state index is 0.0526. The average Bonchev–Trinajstić information content (AvgIpc) is 2.09. The van der Waals surface area contributed by atoms with Crippen molar-refractivity contribution in [3.8, 4) is 5.75 Å². The number of anilines is 1. The lowest BCUT2D eigenvalue weighted by Gasteiger charge is -2.11. The summed E-state index contributed by atoms with van der Waals surface area (Å²) < 4.78 is 18.3. The molecule has 1 aromatic rings. The topological polar surface area (TPSA) is 78.4 Å². The molecule has 0 saturated carbocycles. The summed E-state index contributed by atoms with van der Waals surface area (Å²) in [5, 5.41) is 10.4. The Balaban J connectivity index is 3.13. The van der Waals surface area contributed by atoms with Crippen molar-refractivity contribution in [2.24, 2.45) is 0 Å². The zero-order valence-corrected chi connectivity index (χ0v) is 8.36. The number of hydrogen-bond acceptors (Lipinski definition) is 4. The Bertz CT molecular complexity index is 393. The summed E-state index contributed by atoms with van der Waals surface area (Å²) in [6.45, 7) is 3.50. The first-order chi connectivity index (χ1) is 6.91. The maximum atomic E-state index is 13.2. The molecule has 1 aromatic carbocycles. The van der Waals surface area contributed by atoms with Gasteiger partial charge in [-0.3, -0.25) is 10.1 Å². The molecule has 0 aliphatic carbocycles. The molecular formula is C9H11FN2O3. The van der Waals surface area contributed by atoms with Crippen LogP contribution in [-0.4, -0.2) is 11.0 Å². The van der Waals surface area contributed by atoms with Gasteiger partial charge in [0, 0.05) is 12.1 Å². The number of ether oxygens (including phenoxy) is 1. The van der Waals surface area contributed by atoms with Crippen molar-refractivity contribution in [3.05, 3.63) is 28.1 Å². The van der Waals surface area contributed by atoms with Crippen LogP contribution in [0.4, 0.5) is 15.8 Å². The molecule has 15 heavy (non-hydrogen) atoms. The quantitative estimate of drug-likeness (QED) is 0.474. The molecular weight excluding hydrogens is 203 g/mol. The van der Waals surface area contributed by atoms with Crippen LogP contribution in [0.5, 0.6) is 5.75 Å². The summed E-state index contributed by atoms with van der Waals surface area (Å²) in [7, 11) is 0. The second-order valence-corrected chi connectivity index (χ2v) is 3.27. The maximum absolute atomic E-state index is 13.2. The lowest BCUT2D eigenvalue weighted by atomic mass is 10.2. The Hall–Kier alpha value is -1.85. The largest absolute Gasteiger partial charge is 0.489 e. The molecule has 0 fully saturated rings. The van der Waals surface area contributed by atoms with E-state index in [1.54, 1.807) is 13.8 Å². The molecule has 0 atom stereocenters. The Morgan fingerprint density at radius 1 is 1.53 bits per heavy atom. The summed E-state index contributed by atoms with van der Waals surface area (Å²) in [5.41, 5.74) is 4.88. The van der Waals surface area contributed by atoms with E-state index in [4.69, 9.17) is 10.5 Å². The van der Waals surface area contributed by atoms with Crippen LogP contribution in [0.25, 0.3) is 0 Å². The first kappa shape index (κ1) is 11.2. The number of halogens is 1. The van der Waals surface area contributed by atoms with Crippen LogP contribution in [0.1, 0.15) is 13.8 Å². The van der Waals surface area contributed by atoms with E-state index in [-0.39, 0.29) is 17.5 Å². The summed E-state index contributed by atoms with van der Waals surface area (Å²) in [6.07, 6.45) is -0.173. The molecule has 0 bridgehead atoms. The van der Waals surface area contributed by atoms with E-state index >= 15 is 0 Å². The third kappa shape index (κ3) is 2.55. The van der Waals surface area contributed by atoms with E-state index in [1.165, 1.54) is 0 Å². The lowest BCUT2D eigenvalue weighted by Crippen LogP contribution is -2.08. The van der Waals surface area contributed by atoms with Gasteiger partial charge in [-0.05, 0) is 13.8 Å². The van der Waals surface area contributed by atoms with Gasteiger partial charge in [0.2, 0.25) is 5.82 Å². The van der Waals surface area contributed by atoms with Crippen LogP contribution in [0, 0.1) is 15.9 Å². The number of nitrogen functional groups attached to an aromatic ring is 1. The average molecular weight is 214 g/mol. The van der Waals surface area contributed by atoms with Crippen molar-refractivity contribution in [2.45, 2.75) is 20.0 Å². The van der Waals surface area contributed by atoms with Gasteiger partial charge in [-0.15, -0.1) is 0 Å². The van der Waals surface area contributed by atoms with Gasteiger partial charge in [0.1, 0.15) is 5.75 Å². The van der Waals surface area contributed by atoms with E-state index in [0.717, 1.165) is 12.1 Å². The molecule has 1 rings (SSSR count). The number of hydrogen-bond donors (Lipinski definition) is 1.